The summed E-state index contributed by atoms with van der Waals surface area (Å²) in [5.74, 6) is 0.0622. The largest absolute Gasteiger partial charge is 0.396 e. The molecule has 0 aliphatic carbocycles. The number of sulfonamides is 1. The number of hydrogen-bond donors (Lipinski definition) is 2. The second-order valence-corrected chi connectivity index (χ2v) is 6.89. The van der Waals surface area contributed by atoms with Gasteiger partial charge in [-0.25, -0.2) is 13.1 Å². The van der Waals surface area contributed by atoms with E-state index in [0.717, 1.165) is 12.8 Å². The Morgan fingerprint density at radius 2 is 1.95 bits per heavy atom. The van der Waals surface area contributed by atoms with Gasteiger partial charge in [0, 0.05) is 13.2 Å². The molecule has 1 unspecified atom stereocenters. The zero-order valence-electron chi connectivity index (χ0n) is 12.2. The molecule has 0 bridgehead atoms. The van der Waals surface area contributed by atoms with E-state index in [9.17, 15) is 8.42 Å². The molecular formula is C15H22N2O3S. The van der Waals surface area contributed by atoms with Crippen molar-refractivity contribution in [1.29, 1.82) is 5.26 Å². The fourth-order valence-electron chi connectivity index (χ4n) is 2.13. The molecule has 0 fully saturated rings. The van der Waals surface area contributed by atoms with Gasteiger partial charge in [0.25, 0.3) is 0 Å². The molecule has 0 saturated heterocycles. The van der Waals surface area contributed by atoms with Gasteiger partial charge in [-0.05, 0) is 36.5 Å². The molecule has 0 radical (unpaired) electrons. The minimum absolute atomic E-state index is 0.0714. The fourth-order valence-corrected chi connectivity index (χ4v) is 3.35. The van der Waals surface area contributed by atoms with Gasteiger partial charge in [-0.2, -0.15) is 5.26 Å². The van der Waals surface area contributed by atoms with Gasteiger partial charge in [0.05, 0.1) is 17.4 Å². The summed E-state index contributed by atoms with van der Waals surface area (Å²) in [7, 11) is -3.40. The van der Waals surface area contributed by atoms with E-state index in [1.807, 2.05) is 13.0 Å². The predicted octanol–water partition coefficient (Wildman–Crippen LogP) is 1.78. The summed E-state index contributed by atoms with van der Waals surface area (Å²) in [6.45, 7) is 2.46. The lowest BCUT2D eigenvalue weighted by molar-refractivity contribution is 0.251. The van der Waals surface area contributed by atoms with Crippen LogP contribution < -0.4 is 4.72 Å². The van der Waals surface area contributed by atoms with Crippen molar-refractivity contribution in [2.24, 2.45) is 5.92 Å². The van der Waals surface area contributed by atoms with Gasteiger partial charge < -0.3 is 5.11 Å². The Kier molecular flexibility index (Phi) is 7.37. The van der Waals surface area contributed by atoms with Gasteiger partial charge in [-0.15, -0.1) is 0 Å². The van der Waals surface area contributed by atoms with Gasteiger partial charge in [-0.3, -0.25) is 0 Å². The average molecular weight is 310 g/mol. The van der Waals surface area contributed by atoms with E-state index in [1.165, 1.54) is 0 Å². The summed E-state index contributed by atoms with van der Waals surface area (Å²) in [5.41, 5.74) is 1.16. The molecule has 1 aromatic rings. The third kappa shape index (κ3) is 6.71. The zero-order valence-corrected chi connectivity index (χ0v) is 13.1. The molecule has 1 aromatic carbocycles. The molecule has 0 aliphatic heterocycles. The normalized spacial score (nSPS) is 12.8. The Balaban J connectivity index is 2.58. The molecule has 0 aliphatic rings. The average Bonchev–Trinajstić information content (AvgIpc) is 2.46. The number of aliphatic hydroxyl groups excluding tert-OH is 1. The Bertz CT molecular complexity index is 556. The van der Waals surface area contributed by atoms with Crippen LogP contribution in [-0.4, -0.2) is 26.7 Å². The third-order valence-corrected chi connectivity index (χ3v) is 4.59. The van der Waals surface area contributed by atoms with E-state index in [-0.39, 0.29) is 18.3 Å². The fraction of sp³-hybridized carbons (Fsp3) is 0.533. The number of aliphatic hydroxyl groups is 1. The quantitative estimate of drug-likeness (QED) is 0.727. The van der Waals surface area contributed by atoms with Crippen LogP contribution >= 0.6 is 0 Å². The SMILES string of the molecule is CCCC(CCO)CNS(=O)(=O)Cc1ccc(C#N)cc1. The standard InChI is InChI=1S/C15H22N2O3S/c1-2-3-14(8-9-18)11-17-21(19,20)12-15-6-4-13(10-16)5-7-15/h4-7,14,17-18H,2-3,8-9,11-12H2,1H3. The van der Waals surface area contributed by atoms with Crippen molar-refractivity contribution in [3.63, 3.8) is 0 Å². The maximum absolute atomic E-state index is 12.0. The van der Waals surface area contributed by atoms with E-state index >= 15 is 0 Å². The topological polar surface area (TPSA) is 90.2 Å². The third-order valence-electron chi connectivity index (χ3n) is 3.27. The van der Waals surface area contributed by atoms with Crippen LogP contribution in [0.4, 0.5) is 0 Å². The molecule has 5 nitrogen and oxygen atoms in total. The molecule has 21 heavy (non-hydrogen) atoms. The number of nitriles is 1. The number of benzene rings is 1. The first-order chi connectivity index (χ1) is 10.0. The predicted molar refractivity (Wildman–Crippen MR) is 81.9 cm³/mol. The minimum atomic E-state index is -3.40. The number of rotatable bonds is 9. The maximum Gasteiger partial charge on any atom is 0.215 e. The molecule has 6 heteroatoms. The Morgan fingerprint density at radius 1 is 1.29 bits per heavy atom. The van der Waals surface area contributed by atoms with Crippen molar-refractivity contribution < 1.29 is 13.5 Å². The Hall–Kier alpha value is -1.42. The van der Waals surface area contributed by atoms with Gasteiger partial charge in [0.15, 0.2) is 0 Å². The van der Waals surface area contributed by atoms with E-state index < -0.39 is 10.0 Å². The van der Waals surface area contributed by atoms with Gasteiger partial charge in [0.2, 0.25) is 10.0 Å². The van der Waals surface area contributed by atoms with E-state index in [2.05, 4.69) is 4.72 Å². The molecular weight excluding hydrogens is 288 g/mol. The molecule has 0 aromatic heterocycles. The number of nitrogens with zero attached hydrogens (tertiary/aromatic N) is 1. The molecule has 0 spiro atoms. The van der Waals surface area contributed by atoms with E-state index in [4.69, 9.17) is 10.4 Å². The summed E-state index contributed by atoms with van der Waals surface area (Å²) in [4.78, 5) is 0. The van der Waals surface area contributed by atoms with Crippen LogP contribution in [0.15, 0.2) is 24.3 Å². The highest BCUT2D eigenvalue weighted by atomic mass is 32.2. The summed E-state index contributed by atoms with van der Waals surface area (Å²) < 4.78 is 26.7. The van der Waals surface area contributed by atoms with Crippen LogP contribution in [0.2, 0.25) is 0 Å². The summed E-state index contributed by atoms with van der Waals surface area (Å²) in [5, 5.41) is 17.7. The highest BCUT2D eigenvalue weighted by molar-refractivity contribution is 7.88. The first-order valence-corrected chi connectivity index (χ1v) is 8.73. The number of nitrogens with one attached hydrogen (secondary N) is 1. The van der Waals surface area contributed by atoms with Crippen LogP contribution in [0.5, 0.6) is 0 Å². The van der Waals surface area contributed by atoms with Crippen molar-refractivity contribution in [3.8, 4) is 6.07 Å². The van der Waals surface area contributed by atoms with Crippen LogP contribution in [0.1, 0.15) is 37.3 Å². The van der Waals surface area contributed by atoms with Crippen LogP contribution in [0, 0.1) is 17.2 Å². The number of hydrogen-bond acceptors (Lipinski definition) is 4. The highest BCUT2D eigenvalue weighted by Crippen LogP contribution is 2.11. The zero-order chi connectivity index (χ0) is 15.7. The Labute approximate surface area is 126 Å². The molecule has 1 rings (SSSR count). The van der Waals surface area contributed by atoms with E-state index in [0.29, 0.717) is 24.1 Å². The van der Waals surface area contributed by atoms with Gasteiger partial charge >= 0.3 is 0 Å². The lowest BCUT2D eigenvalue weighted by atomic mass is 10.0. The summed E-state index contributed by atoms with van der Waals surface area (Å²) >= 11 is 0. The highest BCUT2D eigenvalue weighted by Gasteiger charge is 2.15. The molecule has 116 valence electrons. The summed E-state index contributed by atoms with van der Waals surface area (Å²) in [6.07, 6.45) is 2.45. The second-order valence-electron chi connectivity index (χ2n) is 5.08. The van der Waals surface area contributed by atoms with Crippen LogP contribution in [0.25, 0.3) is 0 Å². The maximum atomic E-state index is 12.0. The van der Waals surface area contributed by atoms with Crippen LogP contribution in [-0.2, 0) is 15.8 Å². The lowest BCUT2D eigenvalue weighted by Crippen LogP contribution is -2.30. The Morgan fingerprint density at radius 3 is 2.48 bits per heavy atom. The second kappa shape index (κ2) is 8.78. The smallest absolute Gasteiger partial charge is 0.215 e. The van der Waals surface area contributed by atoms with Gasteiger partial charge in [0.1, 0.15) is 0 Å². The lowest BCUT2D eigenvalue weighted by Gasteiger charge is -2.15. The first kappa shape index (κ1) is 17.6. The summed E-state index contributed by atoms with van der Waals surface area (Å²) in [6, 6.07) is 8.51. The van der Waals surface area contributed by atoms with Crippen molar-refractivity contribution >= 4 is 10.0 Å². The molecule has 2 N–H and O–H groups in total. The van der Waals surface area contributed by atoms with Crippen LogP contribution in [0.3, 0.4) is 0 Å². The first-order valence-electron chi connectivity index (χ1n) is 7.08. The monoisotopic (exact) mass is 310 g/mol. The van der Waals surface area contributed by atoms with Gasteiger partial charge in [-0.1, -0.05) is 25.5 Å². The van der Waals surface area contributed by atoms with Crippen molar-refractivity contribution in [2.75, 3.05) is 13.2 Å². The minimum Gasteiger partial charge on any atom is -0.396 e. The van der Waals surface area contributed by atoms with Crippen molar-refractivity contribution in [1.82, 2.24) is 4.72 Å². The molecule has 0 saturated carbocycles. The molecule has 1 atom stereocenters. The van der Waals surface area contributed by atoms with Crippen molar-refractivity contribution in [3.05, 3.63) is 35.4 Å². The van der Waals surface area contributed by atoms with Crippen molar-refractivity contribution in [2.45, 2.75) is 31.9 Å². The molecule has 0 amide bonds. The molecule has 0 heterocycles. The van der Waals surface area contributed by atoms with E-state index in [1.54, 1.807) is 24.3 Å².